The average molecular weight is 170 g/mol. The van der Waals surface area contributed by atoms with Gasteiger partial charge < -0.3 is 21.3 Å². The summed E-state index contributed by atoms with van der Waals surface area (Å²) in [7, 11) is 0. The van der Waals surface area contributed by atoms with E-state index in [9.17, 15) is 0 Å². The molecule has 2 heterocycles. The summed E-state index contributed by atoms with van der Waals surface area (Å²) in [5.41, 5.74) is 0. The molecule has 2 fully saturated rings. The third-order valence-electron chi connectivity index (χ3n) is 2.62. The van der Waals surface area contributed by atoms with Crippen LogP contribution in [0.2, 0.25) is 0 Å². The zero-order chi connectivity index (χ0) is 8.23. The summed E-state index contributed by atoms with van der Waals surface area (Å²) in [5.74, 6) is 0.694. The molecule has 2 saturated heterocycles. The molecule has 4 heteroatoms. The summed E-state index contributed by atoms with van der Waals surface area (Å²) >= 11 is 0. The minimum atomic E-state index is 0.513. The Morgan fingerprint density at radius 3 is 2.25 bits per heavy atom. The van der Waals surface area contributed by atoms with Crippen LogP contribution in [0.4, 0.5) is 0 Å². The second-order valence-electron chi connectivity index (χ2n) is 3.58. The Labute approximate surface area is 73.5 Å². The Balaban J connectivity index is 1.80. The summed E-state index contributed by atoms with van der Waals surface area (Å²) in [6.45, 7) is 5.53. The van der Waals surface area contributed by atoms with Gasteiger partial charge in [-0.1, -0.05) is 0 Å². The number of hydrogen-bond acceptors (Lipinski definition) is 4. The lowest BCUT2D eigenvalue weighted by Crippen LogP contribution is -2.59. The minimum Gasteiger partial charge on any atom is -0.304 e. The second-order valence-corrected chi connectivity index (χ2v) is 3.58. The monoisotopic (exact) mass is 170 g/mol. The Bertz CT molecular complexity index is 111. The van der Waals surface area contributed by atoms with E-state index in [1.807, 2.05) is 0 Å². The van der Waals surface area contributed by atoms with Gasteiger partial charge in [0.15, 0.2) is 0 Å². The van der Waals surface area contributed by atoms with Gasteiger partial charge in [0, 0.05) is 25.7 Å². The van der Waals surface area contributed by atoms with Gasteiger partial charge in [-0.25, -0.2) is 0 Å². The molecule has 0 aromatic rings. The van der Waals surface area contributed by atoms with Crippen molar-refractivity contribution < 1.29 is 0 Å². The van der Waals surface area contributed by atoms with Crippen molar-refractivity contribution in [2.24, 2.45) is 5.92 Å². The first kappa shape index (κ1) is 8.44. The third kappa shape index (κ3) is 1.95. The Kier molecular flexibility index (Phi) is 2.94. The summed E-state index contributed by atoms with van der Waals surface area (Å²) < 4.78 is 0. The first-order chi connectivity index (χ1) is 5.97. The van der Waals surface area contributed by atoms with Gasteiger partial charge in [0.1, 0.15) is 0 Å². The van der Waals surface area contributed by atoms with Gasteiger partial charge in [-0.2, -0.15) is 0 Å². The summed E-state index contributed by atoms with van der Waals surface area (Å²) in [6.07, 6.45) is 1.77. The molecule has 0 amide bonds. The van der Waals surface area contributed by atoms with Crippen molar-refractivity contribution in [2.45, 2.75) is 12.6 Å². The summed E-state index contributed by atoms with van der Waals surface area (Å²) in [5, 5.41) is 13.7. The van der Waals surface area contributed by atoms with Crippen LogP contribution in [0.15, 0.2) is 0 Å². The van der Waals surface area contributed by atoms with Crippen molar-refractivity contribution in [1.29, 1.82) is 0 Å². The van der Waals surface area contributed by atoms with Crippen molar-refractivity contribution in [3.05, 3.63) is 0 Å². The lowest BCUT2D eigenvalue weighted by molar-refractivity contribution is 0.230. The van der Waals surface area contributed by atoms with Gasteiger partial charge in [0.2, 0.25) is 0 Å². The quantitative estimate of drug-likeness (QED) is 0.393. The van der Waals surface area contributed by atoms with Gasteiger partial charge >= 0.3 is 0 Å². The normalized spacial score (nSPS) is 29.0. The molecule has 0 aromatic carbocycles. The number of nitrogens with one attached hydrogen (secondary N) is 4. The van der Waals surface area contributed by atoms with Gasteiger partial charge in [-0.05, 0) is 19.5 Å². The van der Waals surface area contributed by atoms with Crippen molar-refractivity contribution in [1.82, 2.24) is 21.3 Å². The molecule has 4 nitrogen and oxygen atoms in total. The predicted octanol–water partition coefficient (Wildman–Crippen LogP) is -1.34. The van der Waals surface area contributed by atoms with Crippen molar-refractivity contribution in [2.75, 3.05) is 32.8 Å². The first-order valence-corrected chi connectivity index (χ1v) is 4.85. The van der Waals surface area contributed by atoms with Gasteiger partial charge in [-0.15, -0.1) is 0 Å². The molecule has 70 valence electrons. The lowest BCUT2D eigenvalue weighted by atomic mass is 10.0. The van der Waals surface area contributed by atoms with E-state index < -0.39 is 0 Å². The van der Waals surface area contributed by atoms with E-state index in [2.05, 4.69) is 21.3 Å². The third-order valence-corrected chi connectivity index (χ3v) is 2.62. The van der Waals surface area contributed by atoms with E-state index in [0.29, 0.717) is 12.1 Å². The van der Waals surface area contributed by atoms with Crippen LogP contribution in [0.1, 0.15) is 6.42 Å². The molecule has 0 spiro atoms. The SMILES string of the molecule is C1CNC(C2CNCNC2)NC1. The van der Waals surface area contributed by atoms with E-state index in [-0.39, 0.29) is 0 Å². The van der Waals surface area contributed by atoms with E-state index in [4.69, 9.17) is 0 Å². The van der Waals surface area contributed by atoms with Crippen molar-refractivity contribution in [3.63, 3.8) is 0 Å². The van der Waals surface area contributed by atoms with Crippen LogP contribution in [-0.4, -0.2) is 39.0 Å². The maximum Gasteiger partial charge on any atom is 0.0625 e. The second kappa shape index (κ2) is 4.18. The van der Waals surface area contributed by atoms with Crippen molar-refractivity contribution >= 4 is 0 Å². The van der Waals surface area contributed by atoms with Crippen LogP contribution in [0.5, 0.6) is 0 Å². The Hall–Kier alpha value is -0.160. The van der Waals surface area contributed by atoms with E-state index >= 15 is 0 Å². The first-order valence-electron chi connectivity index (χ1n) is 4.85. The standard InChI is InChI=1S/C8H18N4/c1-2-11-8(12-3-1)7-4-9-6-10-5-7/h7-12H,1-6H2. The molecule has 0 unspecified atom stereocenters. The molecule has 0 atom stereocenters. The molecule has 4 N–H and O–H groups in total. The van der Waals surface area contributed by atoms with Crippen LogP contribution >= 0.6 is 0 Å². The molecule has 2 aliphatic heterocycles. The van der Waals surface area contributed by atoms with Gasteiger partial charge in [0.25, 0.3) is 0 Å². The highest BCUT2D eigenvalue weighted by molar-refractivity contribution is 4.82. The maximum atomic E-state index is 3.50. The van der Waals surface area contributed by atoms with Crippen LogP contribution in [0.25, 0.3) is 0 Å². The molecule has 0 saturated carbocycles. The maximum absolute atomic E-state index is 3.50. The summed E-state index contributed by atoms with van der Waals surface area (Å²) in [4.78, 5) is 0. The smallest absolute Gasteiger partial charge is 0.0625 e. The fraction of sp³-hybridized carbons (Fsp3) is 1.00. The average Bonchev–Trinajstić information content (AvgIpc) is 2.21. The summed E-state index contributed by atoms with van der Waals surface area (Å²) in [6, 6.07) is 0. The number of rotatable bonds is 1. The Morgan fingerprint density at radius 2 is 1.58 bits per heavy atom. The van der Waals surface area contributed by atoms with Crippen LogP contribution in [-0.2, 0) is 0 Å². The van der Waals surface area contributed by atoms with Gasteiger partial charge in [0.05, 0.1) is 6.17 Å². The molecule has 0 bridgehead atoms. The van der Waals surface area contributed by atoms with Crippen molar-refractivity contribution in [3.8, 4) is 0 Å². The zero-order valence-corrected chi connectivity index (χ0v) is 7.40. The molecule has 2 rings (SSSR count). The highest BCUT2D eigenvalue weighted by Gasteiger charge is 2.23. The lowest BCUT2D eigenvalue weighted by Gasteiger charge is -2.35. The fourth-order valence-electron chi connectivity index (χ4n) is 1.92. The molecular formula is C8H18N4. The minimum absolute atomic E-state index is 0.513. The molecule has 0 aliphatic carbocycles. The highest BCUT2D eigenvalue weighted by atomic mass is 15.2. The molecule has 0 aromatic heterocycles. The van der Waals surface area contributed by atoms with Gasteiger partial charge in [-0.3, -0.25) is 0 Å². The fourth-order valence-corrected chi connectivity index (χ4v) is 1.92. The van der Waals surface area contributed by atoms with Crippen LogP contribution in [0, 0.1) is 5.92 Å². The van der Waals surface area contributed by atoms with Crippen LogP contribution in [0.3, 0.4) is 0 Å². The van der Waals surface area contributed by atoms with E-state index in [1.165, 1.54) is 6.42 Å². The molecular weight excluding hydrogens is 152 g/mol. The largest absolute Gasteiger partial charge is 0.304 e. The van der Waals surface area contributed by atoms with E-state index in [1.54, 1.807) is 0 Å². The predicted molar refractivity (Wildman–Crippen MR) is 48.8 cm³/mol. The molecule has 12 heavy (non-hydrogen) atoms. The molecule has 0 radical (unpaired) electrons. The zero-order valence-electron chi connectivity index (χ0n) is 7.40. The topological polar surface area (TPSA) is 48.1 Å². The highest BCUT2D eigenvalue weighted by Crippen LogP contribution is 2.04. The Morgan fingerprint density at radius 1 is 0.917 bits per heavy atom. The number of hydrogen-bond donors (Lipinski definition) is 4. The van der Waals surface area contributed by atoms with Crippen LogP contribution < -0.4 is 21.3 Å². The van der Waals surface area contributed by atoms with E-state index in [0.717, 1.165) is 32.8 Å². The molecule has 2 aliphatic rings.